The summed E-state index contributed by atoms with van der Waals surface area (Å²) in [5.41, 5.74) is 4.00. The third kappa shape index (κ3) is 4.43. The van der Waals surface area contributed by atoms with Crippen molar-refractivity contribution < 1.29 is 4.79 Å². The molecule has 162 valence electrons. The van der Waals surface area contributed by atoms with Gasteiger partial charge in [0.15, 0.2) is 0 Å². The van der Waals surface area contributed by atoms with Crippen LogP contribution in [-0.2, 0) is 0 Å². The minimum absolute atomic E-state index is 0.0502. The summed E-state index contributed by atoms with van der Waals surface area (Å²) in [6, 6.07) is 26.8. The normalized spacial score (nSPS) is 11.8. The second-order valence-corrected chi connectivity index (χ2v) is 7.65. The summed E-state index contributed by atoms with van der Waals surface area (Å²) in [4.78, 5) is 26.3. The highest BCUT2D eigenvalue weighted by Gasteiger charge is 2.13. The van der Waals surface area contributed by atoms with Crippen molar-refractivity contribution in [2.24, 2.45) is 0 Å². The highest BCUT2D eigenvalue weighted by molar-refractivity contribution is 6.06. The molecule has 5 aromatic rings. The molecule has 0 radical (unpaired) electrons. The van der Waals surface area contributed by atoms with Gasteiger partial charge in [0.25, 0.3) is 5.91 Å². The molecule has 33 heavy (non-hydrogen) atoms. The van der Waals surface area contributed by atoms with Gasteiger partial charge in [-0.25, -0.2) is 9.97 Å². The number of hydrogen-bond acceptors (Lipinski definition) is 5. The quantitative estimate of drug-likeness (QED) is 0.382. The minimum Gasteiger partial charge on any atom is -0.348 e. The number of hydrogen-bond donors (Lipinski definition) is 2. The average molecular weight is 435 g/mol. The van der Waals surface area contributed by atoms with Gasteiger partial charge >= 0.3 is 0 Å². The molecule has 0 aliphatic rings. The largest absolute Gasteiger partial charge is 0.348 e. The van der Waals surface area contributed by atoms with Crippen LogP contribution in [0.5, 0.6) is 0 Å². The molecular weight excluding hydrogens is 412 g/mol. The summed E-state index contributed by atoms with van der Waals surface area (Å²) in [5.74, 6) is 0.997. The molecule has 7 heteroatoms. The van der Waals surface area contributed by atoms with Crippen LogP contribution in [0.1, 0.15) is 28.9 Å². The second-order valence-electron chi connectivity index (χ2n) is 7.65. The Kier molecular flexibility index (Phi) is 5.51. The zero-order chi connectivity index (χ0) is 22.6. The molecule has 0 aliphatic carbocycles. The van der Waals surface area contributed by atoms with E-state index in [-0.39, 0.29) is 11.9 Å². The Morgan fingerprint density at radius 1 is 0.909 bits per heavy atom. The Labute approximate surface area is 191 Å². The molecule has 0 spiro atoms. The lowest BCUT2D eigenvalue weighted by Crippen LogP contribution is -2.12. The van der Waals surface area contributed by atoms with Gasteiger partial charge in [0.1, 0.15) is 12.1 Å². The first-order valence-corrected chi connectivity index (χ1v) is 10.7. The fourth-order valence-corrected chi connectivity index (χ4v) is 3.63. The van der Waals surface area contributed by atoms with Crippen molar-refractivity contribution in [2.45, 2.75) is 13.0 Å². The molecule has 1 amide bonds. The second kappa shape index (κ2) is 8.92. The SMILES string of the molecule is C[C@H](Nc1nccc(-n2cnc3ccc(C(=O)Nc4ccccc4)cc32)n1)c1ccccc1. The Bertz CT molecular complexity index is 1400. The van der Waals surface area contributed by atoms with Crippen LogP contribution >= 0.6 is 0 Å². The van der Waals surface area contributed by atoms with E-state index < -0.39 is 0 Å². The van der Waals surface area contributed by atoms with Crippen molar-refractivity contribution in [3.05, 3.63) is 109 Å². The van der Waals surface area contributed by atoms with Crippen molar-refractivity contribution in [2.75, 3.05) is 10.6 Å². The predicted molar refractivity (Wildman–Crippen MR) is 130 cm³/mol. The summed E-state index contributed by atoms with van der Waals surface area (Å²) in [5, 5.41) is 6.26. The van der Waals surface area contributed by atoms with Crippen LogP contribution in [-0.4, -0.2) is 25.4 Å². The molecule has 0 aliphatic heterocycles. The molecule has 7 nitrogen and oxygen atoms in total. The Morgan fingerprint density at radius 3 is 2.45 bits per heavy atom. The van der Waals surface area contributed by atoms with Gasteiger partial charge < -0.3 is 10.6 Å². The minimum atomic E-state index is -0.183. The predicted octanol–water partition coefficient (Wildman–Crippen LogP) is 5.24. The maximum absolute atomic E-state index is 12.8. The first-order valence-electron chi connectivity index (χ1n) is 10.7. The number of imidazole rings is 1. The Balaban J connectivity index is 1.42. The number of nitrogens with zero attached hydrogens (tertiary/aromatic N) is 4. The van der Waals surface area contributed by atoms with Gasteiger partial charge in [-0.1, -0.05) is 48.5 Å². The van der Waals surface area contributed by atoms with Crippen molar-refractivity contribution in [1.82, 2.24) is 19.5 Å². The van der Waals surface area contributed by atoms with Crippen molar-refractivity contribution in [3.8, 4) is 5.82 Å². The highest BCUT2D eigenvalue weighted by atomic mass is 16.1. The van der Waals surface area contributed by atoms with Crippen LogP contribution in [0.4, 0.5) is 11.6 Å². The maximum atomic E-state index is 12.8. The summed E-state index contributed by atoms with van der Waals surface area (Å²) in [6.45, 7) is 2.07. The number of amides is 1. The lowest BCUT2D eigenvalue weighted by molar-refractivity contribution is 0.102. The molecule has 0 saturated heterocycles. The van der Waals surface area contributed by atoms with Crippen molar-refractivity contribution >= 4 is 28.6 Å². The van der Waals surface area contributed by atoms with Gasteiger partial charge in [-0.2, -0.15) is 4.98 Å². The Morgan fingerprint density at radius 2 is 1.67 bits per heavy atom. The van der Waals surface area contributed by atoms with Gasteiger partial charge in [0.2, 0.25) is 5.95 Å². The molecule has 2 N–H and O–H groups in total. The lowest BCUT2D eigenvalue weighted by Gasteiger charge is -2.14. The zero-order valence-electron chi connectivity index (χ0n) is 18.0. The fourth-order valence-electron chi connectivity index (χ4n) is 3.63. The monoisotopic (exact) mass is 434 g/mol. The van der Waals surface area contributed by atoms with E-state index in [4.69, 9.17) is 0 Å². The van der Waals surface area contributed by atoms with E-state index in [1.807, 2.05) is 71.3 Å². The Hall–Kier alpha value is -4.52. The van der Waals surface area contributed by atoms with Gasteiger partial charge in [-0.15, -0.1) is 0 Å². The van der Waals surface area contributed by atoms with E-state index in [2.05, 4.69) is 44.6 Å². The summed E-state index contributed by atoms with van der Waals surface area (Å²) >= 11 is 0. The van der Waals surface area contributed by atoms with Crippen LogP contribution < -0.4 is 10.6 Å². The number of fused-ring (bicyclic) bond motifs is 1. The number of nitrogens with one attached hydrogen (secondary N) is 2. The van der Waals surface area contributed by atoms with Crippen LogP contribution in [0, 0.1) is 0 Å². The van der Waals surface area contributed by atoms with Crippen LogP contribution in [0.15, 0.2) is 97.5 Å². The number of anilines is 2. The van der Waals surface area contributed by atoms with Crippen LogP contribution in [0.25, 0.3) is 16.9 Å². The van der Waals surface area contributed by atoms with Crippen LogP contribution in [0.3, 0.4) is 0 Å². The lowest BCUT2D eigenvalue weighted by atomic mass is 10.1. The standard InChI is InChI=1S/C26H22N6O/c1-18(19-8-4-2-5-9-19)29-26-27-15-14-24(31-26)32-17-28-22-13-12-20(16-23(22)32)25(33)30-21-10-6-3-7-11-21/h2-18H,1H3,(H,30,33)(H,27,29,31)/t18-/m0/s1. The topological polar surface area (TPSA) is 84.7 Å². The number of aromatic nitrogens is 4. The van der Waals surface area contributed by atoms with E-state index in [1.54, 1.807) is 18.6 Å². The molecule has 0 fully saturated rings. The van der Waals surface area contributed by atoms with Gasteiger partial charge in [-0.3, -0.25) is 9.36 Å². The molecule has 0 bridgehead atoms. The number of benzene rings is 3. The van der Waals surface area contributed by atoms with Gasteiger partial charge in [0, 0.05) is 17.4 Å². The summed E-state index contributed by atoms with van der Waals surface area (Å²) < 4.78 is 1.86. The first kappa shape index (κ1) is 20.4. The molecule has 5 rings (SSSR count). The van der Waals surface area contributed by atoms with Crippen LogP contribution in [0.2, 0.25) is 0 Å². The molecule has 2 heterocycles. The summed E-state index contributed by atoms with van der Waals surface area (Å²) in [6.07, 6.45) is 3.41. The average Bonchev–Trinajstić information content (AvgIpc) is 3.29. The zero-order valence-corrected chi connectivity index (χ0v) is 18.0. The smallest absolute Gasteiger partial charge is 0.255 e. The van der Waals surface area contributed by atoms with E-state index >= 15 is 0 Å². The van der Waals surface area contributed by atoms with Gasteiger partial charge in [-0.05, 0) is 48.9 Å². The number of para-hydroxylation sites is 1. The molecule has 1 atom stereocenters. The fraction of sp³-hybridized carbons (Fsp3) is 0.0769. The van der Waals surface area contributed by atoms with Crippen molar-refractivity contribution in [3.63, 3.8) is 0 Å². The van der Waals surface area contributed by atoms with Crippen molar-refractivity contribution in [1.29, 1.82) is 0 Å². The molecule has 0 unspecified atom stereocenters. The molecule has 2 aromatic heterocycles. The van der Waals surface area contributed by atoms with Gasteiger partial charge in [0.05, 0.1) is 17.1 Å². The third-order valence-corrected chi connectivity index (χ3v) is 5.37. The number of carbonyl (C=O) groups excluding carboxylic acids is 1. The summed E-state index contributed by atoms with van der Waals surface area (Å²) in [7, 11) is 0. The molecule has 0 saturated carbocycles. The molecular formula is C26H22N6O. The van der Waals surface area contributed by atoms with E-state index in [0.29, 0.717) is 17.3 Å². The highest BCUT2D eigenvalue weighted by Crippen LogP contribution is 2.21. The maximum Gasteiger partial charge on any atom is 0.255 e. The van der Waals surface area contributed by atoms with E-state index in [1.165, 1.54) is 0 Å². The first-order chi connectivity index (χ1) is 16.2. The van der Waals surface area contributed by atoms with E-state index in [9.17, 15) is 4.79 Å². The molecule has 3 aromatic carbocycles. The third-order valence-electron chi connectivity index (χ3n) is 5.37. The number of carbonyl (C=O) groups is 1. The number of rotatable bonds is 6. The van der Waals surface area contributed by atoms with E-state index in [0.717, 1.165) is 22.3 Å².